The molecule has 18 heavy (non-hydrogen) atoms. The van der Waals surface area contributed by atoms with E-state index < -0.39 is 0 Å². The second-order valence-electron chi connectivity index (χ2n) is 2.89. The Kier molecular flexibility index (Phi) is 13.6. The number of thiazole rings is 1. The second-order valence-corrected chi connectivity index (χ2v) is 4.12. The summed E-state index contributed by atoms with van der Waals surface area (Å²) >= 11 is 1.77. The fourth-order valence-electron chi connectivity index (χ4n) is 1.30. The van der Waals surface area contributed by atoms with Crippen molar-refractivity contribution < 1.29 is 0 Å². The fourth-order valence-corrected chi connectivity index (χ4v) is 2.19. The first-order valence-corrected chi connectivity index (χ1v) is 7.97. The van der Waals surface area contributed by atoms with E-state index in [-0.39, 0.29) is 0 Å². The molecule has 2 rings (SSSR count). The normalized spacial score (nSPS) is 8.22. The lowest BCUT2D eigenvalue weighted by Crippen LogP contribution is -1.77. The highest BCUT2D eigenvalue weighted by Crippen LogP contribution is 2.22. The maximum Gasteiger partial charge on any atom is 0.0907 e. The van der Waals surface area contributed by atoms with E-state index in [1.807, 2.05) is 41.5 Å². The number of benzene rings is 1. The zero-order valence-electron chi connectivity index (χ0n) is 13.3. The van der Waals surface area contributed by atoms with Gasteiger partial charge in [0.1, 0.15) is 0 Å². The minimum absolute atomic E-state index is 1.10. The highest BCUT2D eigenvalue weighted by atomic mass is 32.1. The van der Waals surface area contributed by atoms with Crippen molar-refractivity contribution in [3.63, 3.8) is 0 Å². The molecular formula is C16H29NS. The molecule has 0 spiro atoms. The molecule has 1 aromatic heterocycles. The Labute approximate surface area is 117 Å². The third-order valence-corrected chi connectivity index (χ3v) is 2.90. The molecule has 0 aliphatic heterocycles. The molecule has 0 bridgehead atoms. The number of hydrogen-bond donors (Lipinski definition) is 0. The van der Waals surface area contributed by atoms with Crippen LogP contribution in [0.4, 0.5) is 0 Å². The molecule has 0 fully saturated rings. The van der Waals surface area contributed by atoms with Crippen LogP contribution in [0.2, 0.25) is 0 Å². The van der Waals surface area contributed by atoms with E-state index in [1.165, 1.54) is 10.3 Å². The summed E-state index contributed by atoms with van der Waals surface area (Å²) in [6.07, 6.45) is 1.10. The molecule has 0 saturated carbocycles. The van der Waals surface area contributed by atoms with Crippen molar-refractivity contribution in [2.45, 2.75) is 61.8 Å². The smallest absolute Gasteiger partial charge is 0.0907 e. The molecule has 0 unspecified atom stereocenters. The Bertz CT molecular complexity index is 404. The summed E-state index contributed by atoms with van der Waals surface area (Å²) in [7, 11) is 0. The van der Waals surface area contributed by atoms with Gasteiger partial charge >= 0.3 is 0 Å². The number of nitrogens with zero attached hydrogens (tertiary/aromatic N) is 1. The maximum atomic E-state index is 4.41. The first-order chi connectivity index (χ1) is 8.79. The van der Waals surface area contributed by atoms with Gasteiger partial charge in [0.2, 0.25) is 0 Å². The second kappa shape index (κ2) is 12.6. The molecule has 1 heterocycles. The van der Waals surface area contributed by atoms with Crippen LogP contribution in [0.15, 0.2) is 18.2 Å². The molecule has 0 radical (unpaired) electrons. The Morgan fingerprint density at radius 1 is 1.00 bits per heavy atom. The molecule has 1 aromatic carbocycles. The van der Waals surface area contributed by atoms with Crippen LogP contribution in [0, 0.1) is 6.92 Å². The zero-order valence-corrected chi connectivity index (χ0v) is 14.1. The summed E-state index contributed by atoms with van der Waals surface area (Å²) in [5.74, 6) is 0. The molecule has 0 amide bonds. The van der Waals surface area contributed by atoms with Crippen LogP contribution < -0.4 is 0 Å². The van der Waals surface area contributed by atoms with Crippen molar-refractivity contribution in [1.82, 2.24) is 4.98 Å². The SMILES string of the molecule is CC.CC.CC.CCc1ccc2nc(C)sc2c1. The predicted octanol–water partition coefficient (Wildman–Crippen LogP) is 6.25. The molecule has 0 aliphatic rings. The summed E-state index contributed by atoms with van der Waals surface area (Å²) in [6, 6.07) is 6.50. The number of aromatic nitrogens is 1. The van der Waals surface area contributed by atoms with Crippen molar-refractivity contribution in [3.05, 3.63) is 28.8 Å². The van der Waals surface area contributed by atoms with Crippen molar-refractivity contribution in [3.8, 4) is 0 Å². The number of rotatable bonds is 1. The van der Waals surface area contributed by atoms with Gasteiger partial charge in [0.05, 0.1) is 15.2 Å². The van der Waals surface area contributed by atoms with Crippen LogP contribution in [0.5, 0.6) is 0 Å². The largest absolute Gasteiger partial charge is 0.242 e. The van der Waals surface area contributed by atoms with Gasteiger partial charge < -0.3 is 0 Å². The van der Waals surface area contributed by atoms with Crippen LogP contribution in [-0.2, 0) is 6.42 Å². The van der Waals surface area contributed by atoms with Gasteiger partial charge in [-0.2, -0.15) is 0 Å². The molecule has 0 aliphatic carbocycles. The minimum atomic E-state index is 1.10. The molecule has 2 heteroatoms. The van der Waals surface area contributed by atoms with E-state index in [4.69, 9.17) is 0 Å². The summed E-state index contributed by atoms with van der Waals surface area (Å²) < 4.78 is 1.31. The predicted molar refractivity (Wildman–Crippen MR) is 87.8 cm³/mol. The Morgan fingerprint density at radius 3 is 2.06 bits per heavy atom. The van der Waals surface area contributed by atoms with E-state index in [1.54, 1.807) is 11.3 Å². The molecular weight excluding hydrogens is 238 g/mol. The van der Waals surface area contributed by atoms with Gasteiger partial charge in [0.25, 0.3) is 0 Å². The summed E-state index contributed by atoms with van der Waals surface area (Å²) in [6.45, 7) is 16.2. The Balaban J connectivity index is 0. The van der Waals surface area contributed by atoms with Gasteiger partial charge in [-0.15, -0.1) is 11.3 Å². The average Bonchev–Trinajstić information content (AvgIpc) is 2.84. The third-order valence-electron chi connectivity index (χ3n) is 1.97. The fraction of sp³-hybridized carbons (Fsp3) is 0.562. The quantitative estimate of drug-likeness (QED) is 0.595. The van der Waals surface area contributed by atoms with E-state index in [0.29, 0.717) is 0 Å². The van der Waals surface area contributed by atoms with Crippen molar-refractivity contribution in [2.75, 3.05) is 0 Å². The van der Waals surface area contributed by atoms with Gasteiger partial charge in [0, 0.05) is 0 Å². The van der Waals surface area contributed by atoms with Gasteiger partial charge in [-0.1, -0.05) is 54.5 Å². The number of hydrogen-bond acceptors (Lipinski definition) is 2. The molecule has 104 valence electrons. The van der Waals surface area contributed by atoms with E-state index in [2.05, 4.69) is 37.0 Å². The Hall–Kier alpha value is -0.890. The topological polar surface area (TPSA) is 12.9 Å². The monoisotopic (exact) mass is 267 g/mol. The van der Waals surface area contributed by atoms with Crippen LogP contribution in [-0.4, -0.2) is 4.98 Å². The molecule has 1 nitrogen and oxygen atoms in total. The van der Waals surface area contributed by atoms with Gasteiger partial charge in [-0.3, -0.25) is 0 Å². The van der Waals surface area contributed by atoms with Crippen LogP contribution in [0.25, 0.3) is 10.2 Å². The van der Waals surface area contributed by atoms with Crippen LogP contribution in [0.3, 0.4) is 0 Å². The summed E-state index contributed by atoms with van der Waals surface area (Å²) in [5, 5.41) is 1.15. The van der Waals surface area contributed by atoms with Gasteiger partial charge in [0.15, 0.2) is 0 Å². The lowest BCUT2D eigenvalue weighted by Gasteiger charge is -1.93. The molecule has 0 atom stereocenters. The summed E-state index contributed by atoms with van der Waals surface area (Å²) in [4.78, 5) is 4.41. The maximum absolute atomic E-state index is 4.41. The van der Waals surface area contributed by atoms with E-state index >= 15 is 0 Å². The van der Waals surface area contributed by atoms with Crippen molar-refractivity contribution >= 4 is 21.6 Å². The first-order valence-electron chi connectivity index (χ1n) is 7.15. The van der Waals surface area contributed by atoms with E-state index in [0.717, 1.165) is 16.9 Å². The number of fused-ring (bicyclic) bond motifs is 1. The number of aryl methyl sites for hydroxylation is 2. The average molecular weight is 267 g/mol. The van der Waals surface area contributed by atoms with Crippen molar-refractivity contribution in [2.24, 2.45) is 0 Å². The van der Waals surface area contributed by atoms with Gasteiger partial charge in [-0.25, -0.2) is 4.98 Å². The first kappa shape index (κ1) is 19.4. The lowest BCUT2D eigenvalue weighted by atomic mass is 10.2. The summed E-state index contributed by atoms with van der Waals surface area (Å²) in [5.41, 5.74) is 2.53. The van der Waals surface area contributed by atoms with Crippen LogP contribution >= 0.6 is 11.3 Å². The minimum Gasteiger partial charge on any atom is -0.242 e. The van der Waals surface area contributed by atoms with Gasteiger partial charge in [-0.05, 0) is 31.0 Å². The highest BCUT2D eigenvalue weighted by molar-refractivity contribution is 7.18. The highest BCUT2D eigenvalue weighted by Gasteiger charge is 1.99. The lowest BCUT2D eigenvalue weighted by molar-refractivity contribution is 1.15. The standard InChI is InChI=1S/C10H11NS.3C2H6/c1-3-8-4-5-9-10(6-8)12-7(2)11-9;3*1-2/h4-6H,3H2,1-2H3;3*1-2H3. The zero-order chi connectivity index (χ0) is 14.6. The Morgan fingerprint density at radius 2 is 1.56 bits per heavy atom. The molecule has 0 N–H and O–H groups in total. The molecule has 0 saturated heterocycles. The third kappa shape index (κ3) is 6.15. The van der Waals surface area contributed by atoms with E-state index in [9.17, 15) is 0 Å². The van der Waals surface area contributed by atoms with Crippen LogP contribution in [0.1, 0.15) is 59.0 Å². The molecule has 2 aromatic rings. The van der Waals surface area contributed by atoms with Crippen molar-refractivity contribution in [1.29, 1.82) is 0 Å².